The van der Waals surface area contributed by atoms with Crippen LogP contribution in [0.25, 0.3) is 22.1 Å². The monoisotopic (exact) mass is 472 g/mol. The van der Waals surface area contributed by atoms with Gasteiger partial charge >= 0.3 is 0 Å². The maximum absolute atomic E-state index is 13.1. The summed E-state index contributed by atoms with van der Waals surface area (Å²) in [6.07, 6.45) is -4.93. The topological polar surface area (TPSA) is 148 Å². The molecule has 2 aromatic carbocycles. The highest BCUT2D eigenvalue weighted by atomic mass is 16.6. The standard InChI is InChI=1S/C24H24O10/c25-9-19-22(27)24(29)23(28)20(34-19)11-32-13-2-3-14-17(8-13)33-10-15(21(14)26)12-1-4-16-18(7-12)31-6-5-30-16/h1-4,7-8,10,19-20,22-25,27-29H,5-6,9,11H2/t19-,20+,22-,23+,24+/m0/s1. The Labute approximate surface area is 193 Å². The van der Waals surface area contributed by atoms with Crippen LogP contribution in [0.4, 0.5) is 0 Å². The molecule has 3 heterocycles. The van der Waals surface area contributed by atoms with Gasteiger partial charge in [-0.1, -0.05) is 6.07 Å². The van der Waals surface area contributed by atoms with Crippen molar-refractivity contribution in [1.29, 1.82) is 0 Å². The van der Waals surface area contributed by atoms with Gasteiger partial charge in [0.1, 0.15) is 67.9 Å². The minimum Gasteiger partial charge on any atom is -0.491 e. The van der Waals surface area contributed by atoms with E-state index in [0.717, 1.165) is 0 Å². The first kappa shape index (κ1) is 22.6. The fourth-order valence-corrected chi connectivity index (χ4v) is 4.10. The fourth-order valence-electron chi connectivity index (χ4n) is 4.10. The third kappa shape index (κ3) is 4.10. The van der Waals surface area contributed by atoms with Gasteiger partial charge in [-0.25, -0.2) is 0 Å². The van der Waals surface area contributed by atoms with Gasteiger partial charge in [0, 0.05) is 6.07 Å². The Kier molecular flexibility index (Phi) is 6.15. The van der Waals surface area contributed by atoms with Crippen molar-refractivity contribution in [3.8, 4) is 28.4 Å². The summed E-state index contributed by atoms with van der Waals surface area (Å²) in [7, 11) is 0. The molecule has 0 unspecified atom stereocenters. The molecule has 0 aliphatic carbocycles. The van der Waals surface area contributed by atoms with Gasteiger partial charge in [0.15, 0.2) is 16.9 Å². The summed E-state index contributed by atoms with van der Waals surface area (Å²) >= 11 is 0. The number of hydrogen-bond donors (Lipinski definition) is 4. The fraction of sp³-hybridized carbons (Fsp3) is 0.375. The second-order valence-corrected chi connectivity index (χ2v) is 8.17. The van der Waals surface area contributed by atoms with E-state index in [1.807, 2.05) is 0 Å². The summed E-state index contributed by atoms with van der Waals surface area (Å²) in [5.41, 5.74) is 1.10. The van der Waals surface area contributed by atoms with E-state index in [1.165, 1.54) is 12.3 Å². The van der Waals surface area contributed by atoms with E-state index in [4.69, 9.17) is 23.4 Å². The van der Waals surface area contributed by atoms with Gasteiger partial charge < -0.3 is 43.8 Å². The molecule has 5 rings (SSSR count). The predicted octanol–water partition coefficient (Wildman–Crippen LogP) is 0.452. The van der Waals surface area contributed by atoms with Crippen LogP contribution < -0.4 is 19.6 Å². The van der Waals surface area contributed by atoms with Crippen molar-refractivity contribution in [3.05, 3.63) is 52.9 Å². The maximum atomic E-state index is 13.1. The molecule has 0 spiro atoms. The van der Waals surface area contributed by atoms with E-state index >= 15 is 0 Å². The lowest BCUT2D eigenvalue weighted by Gasteiger charge is -2.39. The summed E-state index contributed by atoms with van der Waals surface area (Å²) in [4.78, 5) is 13.1. The molecule has 34 heavy (non-hydrogen) atoms. The highest BCUT2D eigenvalue weighted by molar-refractivity contribution is 5.83. The van der Waals surface area contributed by atoms with Gasteiger partial charge in [0.25, 0.3) is 0 Å². The Morgan fingerprint density at radius 3 is 2.47 bits per heavy atom. The molecule has 180 valence electrons. The molecule has 2 aliphatic rings. The van der Waals surface area contributed by atoms with Crippen LogP contribution in [0.5, 0.6) is 17.2 Å². The average molecular weight is 472 g/mol. The van der Waals surface area contributed by atoms with Crippen molar-refractivity contribution in [3.63, 3.8) is 0 Å². The molecule has 0 saturated carbocycles. The Morgan fingerprint density at radius 2 is 1.68 bits per heavy atom. The van der Waals surface area contributed by atoms with Gasteiger partial charge in [0.05, 0.1) is 17.6 Å². The Morgan fingerprint density at radius 1 is 0.912 bits per heavy atom. The van der Waals surface area contributed by atoms with Gasteiger partial charge in [-0.3, -0.25) is 4.79 Å². The van der Waals surface area contributed by atoms with Gasteiger partial charge in [-0.2, -0.15) is 0 Å². The average Bonchev–Trinajstić information content (AvgIpc) is 2.87. The van der Waals surface area contributed by atoms with E-state index in [-0.39, 0.29) is 12.0 Å². The molecule has 0 amide bonds. The van der Waals surface area contributed by atoms with Crippen LogP contribution in [0, 0.1) is 0 Å². The molecule has 10 nitrogen and oxygen atoms in total. The van der Waals surface area contributed by atoms with Crippen LogP contribution in [0.1, 0.15) is 0 Å². The number of fused-ring (bicyclic) bond motifs is 2. The number of rotatable bonds is 5. The molecule has 2 aliphatic heterocycles. The summed E-state index contributed by atoms with van der Waals surface area (Å²) < 4.78 is 27.9. The second-order valence-electron chi connectivity index (χ2n) is 8.17. The highest BCUT2D eigenvalue weighted by Crippen LogP contribution is 2.34. The first-order valence-corrected chi connectivity index (χ1v) is 10.8. The third-order valence-electron chi connectivity index (χ3n) is 6.00. The van der Waals surface area contributed by atoms with Crippen LogP contribution in [-0.4, -0.2) is 77.4 Å². The van der Waals surface area contributed by atoms with Crippen molar-refractivity contribution in [2.75, 3.05) is 26.4 Å². The summed E-state index contributed by atoms with van der Waals surface area (Å²) in [5.74, 6) is 1.54. The Hall–Kier alpha value is -3.15. The molecule has 4 N–H and O–H groups in total. The smallest absolute Gasteiger partial charge is 0.200 e. The van der Waals surface area contributed by atoms with E-state index < -0.39 is 37.1 Å². The van der Waals surface area contributed by atoms with Crippen molar-refractivity contribution in [2.45, 2.75) is 30.5 Å². The lowest BCUT2D eigenvalue weighted by molar-refractivity contribution is -0.234. The molecular formula is C24H24O10. The maximum Gasteiger partial charge on any atom is 0.200 e. The summed E-state index contributed by atoms with van der Waals surface area (Å²) in [6, 6.07) is 9.95. The number of benzene rings is 2. The van der Waals surface area contributed by atoms with Crippen LogP contribution in [0.2, 0.25) is 0 Å². The van der Waals surface area contributed by atoms with E-state index in [1.54, 1.807) is 30.3 Å². The molecular weight excluding hydrogens is 448 g/mol. The zero-order chi connectivity index (χ0) is 23.8. The van der Waals surface area contributed by atoms with Crippen LogP contribution >= 0.6 is 0 Å². The van der Waals surface area contributed by atoms with Crippen molar-refractivity contribution in [1.82, 2.24) is 0 Å². The summed E-state index contributed by atoms with van der Waals surface area (Å²) in [5, 5.41) is 39.6. The lowest BCUT2D eigenvalue weighted by Crippen LogP contribution is -2.59. The van der Waals surface area contributed by atoms with Gasteiger partial charge in [-0.05, 0) is 29.8 Å². The highest BCUT2D eigenvalue weighted by Gasteiger charge is 2.43. The van der Waals surface area contributed by atoms with Gasteiger partial charge in [-0.15, -0.1) is 0 Å². The molecule has 0 bridgehead atoms. The Bertz CT molecular complexity index is 1240. The quantitative estimate of drug-likeness (QED) is 0.413. The number of hydrogen-bond acceptors (Lipinski definition) is 10. The zero-order valence-electron chi connectivity index (χ0n) is 18.0. The molecule has 1 saturated heterocycles. The molecule has 5 atom stereocenters. The third-order valence-corrected chi connectivity index (χ3v) is 6.00. The molecule has 0 radical (unpaired) electrons. The zero-order valence-corrected chi connectivity index (χ0v) is 18.0. The second kappa shape index (κ2) is 9.24. The van der Waals surface area contributed by atoms with E-state index in [2.05, 4.69) is 0 Å². The van der Waals surface area contributed by atoms with Crippen molar-refractivity contribution < 1.29 is 43.8 Å². The molecule has 3 aromatic rings. The first-order valence-electron chi connectivity index (χ1n) is 10.8. The Balaban J connectivity index is 1.35. The normalized spacial score (nSPS) is 26.4. The largest absolute Gasteiger partial charge is 0.491 e. The minimum absolute atomic E-state index is 0.160. The number of ether oxygens (including phenoxy) is 4. The minimum atomic E-state index is -1.48. The predicted molar refractivity (Wildman–Crippen MR) is 118 cm³/mol. The SMILES string of the molecule is O=c1c(-c2ccc3c(c2)OCCO3)coc2cc(OC[C@H]3O[C@@H](CO)[C@H](O)[C@@H](O)[C@@H]3O)ccc12. The van der Waals surface area contributed by atoms with E-state index in [0.29, 0.717) is 52.6 Å². The van der Waals surface area contributed by atoms with Gasteiger partial charge in [0.2, 0.25) is 0 Å². The molecule has 1 fully saturated rings. The lowest BCUT2D eigenvalue weighted by atomic mass is 9.95. The molecule has 10 heteroatoms. The van der Waals surface area contributed by atoms with Crippen LogP contribution in [0.3, 0.4) is 0 Å². The number of aliphatic hydroxyl groups excluding tert-OH is 4. The first-order chi connectivity index (χ1) is 16.5. The van der Waals surface area contributed by atoms with Crippen LogP contribution in [-0.2, 0) is 4.74 Å². The van der Waals surface area contributed by atoms with Crippen LogP contribution in [0.15, 0.2) is 51.9 Å². The van der Waals surface area contributed by atoms with Crippen molar-refractivity contribution in [2.24, 2.45) is 0 Å². The molecule has 1 aromatic heterocycles. The number of aliphatic hydroxyl groups is 4. The van der Waals surface area contributed by atoms with Crippen molar-refractivity contribution >= 4 is 11.0 Å². The van der Waals surface area contributed by atoms with E-state index in [9.17, 15) is 25.2 Å². The summed E-state index contributed by atoms with van der Waals surface area (Å²) in [6.45, 7) is 0.237.